The lowest BCUT2D eigenvalue weighted by atomic mass is 9.91. The molecule has 2 unspecified atom stereocenters. The van der Waals surface area contributed by atoms with Crippen LogP contribution in [-0.4, -0.2) is 20.0 Å². The van der Waals surface area contributed by atoms with Gasteiger partial charge in [-0.25, -0.2) is 0 Å². The highest BCUT2D eigenvalue weighted by Gasteiger charge is 2.23. The number of anilines is 1. The molecule has 1 aromatic heterocycles. The van der Waals surface area contributed by atoms with Gasteiger partial charge in [0, 0.05) is 11.3 Å². The molecule has 0 radical (unpaired) electrons. The third-order valence-electron chi connectivity index (χ3n) is 3.37. The average molecular weight is 254 g/mol. The van der Waals surface area contributed by atoms with E-state index in [1.807, 2.05) is 16.3 Å². The van der Waals surface area contributed by atoms with E-state index in [4.69, 9.17) is 5.73 Å². The summed E-state index contributed by atoms with van der Waals surface area (Å²) in [4.78, 5) is 0. The summed E-state index contributed by atoms with van der Waals surface area (Å²) >= 11 is 1.85. The molecule has 17 heavy (non-hydrogen) atoms. The second-order valence-electron chi connectivity index (χ2n) is 5.32. The fourth-order valence-electron chi connectivity index (χ4n) is 2.49. The maximum Gasteiger partial charge on any atom is 0.222 e. The second kappa shape index (κ2) is 5.29. The van der Waals surface area contributed by atoms with Crippen LogP contribution in [0.25, 0.3) is 0 Å². The van der Waals surface area contributed by atoms with Crippen LogP contribution in [0, 0.1) is 5.92 Å². The second-order valence-corrected chi connectivity index (χ2v) is 6.58. The van der Waals surface area contributed by atoms with Gasteiger partial charge in [-0.2, -0.15) is 0 Å². The first-order valence-electron chi connectivity index (χ1n) is 6.45. The molecule has 96 valence electrons. The minimum absolute atomic E-state index is 0.327. The number of nitrogens with zero attached hydrogens (tertiary/aromatic N) is 3. The Balaban J connectivity index is 2.07. The Hall–Kier alpha value is -0.710. The number of hydrogen-bond donors (Lipinski definition) is 1. The Bertz CT molecular complexity index is 375. The molecule has 0 aromatic carbocycles. The summed E-state index contributed by atoms with van der Waals surface area (Å²) in [6.07, 6.45) is 5.29. The van der Waals surface area contributed by atoms with Crippen LogP contribution in [0.15, 0.2) is 5.16 Å². The molecule has 0 saturated heterocycles. The maximum atomic E-state index is 5.85. The lowest BCUT2D eigenvalue weighted by Crippen LogP contribution is -2.16. The summed E-state index contributed by atoms with van der Waals surface area (Å²) in [5.41, 5.74) is 5.85. The summed E-state index contributed by atoms with van der Waals surface area (Å²) < 4.78 is 2.03. The van der Waals surface area contributed by atoms with E-state index in [1.54, 1.807) is 0 Å². The van der Waals surface area contributed by atoms with E-state index in [2.05, 4.69) is 31.0 Å². The van der Waals surface area contributed by atoms with Crippen molar-refractivity contribution < 1.29 is 0 Å². The molecule has 1 aliphatic rings. The van der Waals surface area contributed by atoms with Crippen LogP contribution in [-0.2, 0) is 0 Å². The standard InChI is InChI=1S/C12H22N4S/c1-8(2)16-11(13)14-15-12(16)17-10-6-4-5-9(3)7-10/h8-10H,4-7H2,1-3H3,(H2,13,14). The van der Waals surface area contributed by atoms with Gasteiger partial charge in [0.05, 0.1) is 0 Å². The molecule has 2 atom stereocenters. The maximum absolute atomic E-state index is 5.85. The SMILES string of the molecule is CC1CCCC(Sc2nnc(N)n2C(C)C)C1. The Labute approximate surface area is 107 Å². The molecule has 1 aliphatic carbocycles. The number of aromatic nitrogens is 3. The molecule has 2 rings (SSSR count). The quantitative estimate of drug-likeness (QED) is 0.900. The number of hydrogen-bond acceptors (Lipinski definition) is 4. The van der Waals surface area contributed by atoms with Crippen molar-refractivity contribution in [3.8, 4) is 0 Å². The molecular weight excluding hydrogens is 232 g/mol. The highest BCUT2D eigenvalue weighted by atomic mass is 32.2. The van der Waals surface area contributed by atoms with E-state index >= 15 is 0 Å². The van der Waals surface area contributed by atoms with Gasteiger partial charge in [0.2, 0.25) is 5.95 Å². The zero-order valence-electron chi connectivity index (χ0n) is 10.9. The van der Waals surface area contributed by atoms with Crippen molar-refractivity contribution in [2.45, 2.75) is 62.9 Å². The van der Waals surface area contributed by atoms with E-state index in [9.17, 15) is 0 Å². The molecular formula is C12H22N4S. The molecule has 1 fully saturated rings. The summed E-state index contributed by atoms with van der Waals surface area (Å²) in [5, 5.41) is 9.86. The van der Waals surface area contributed by atoms with Gasteiger partial charge in [0.1, 0.15) is 0 Å². The van der Waals surface area contributed by atoms with Crippen LogP contribution >= 0.6 is 11.8 Å². The smallest absolute Gasteiger partial charge is 0.222 e. The largest absolute Gasteiger partial charge is 0.368 e. The lowest BCUT2D eigenvalue weighted by Gasteiger charge is -2.26. The molecule has 2 N–H and O–H groups in total. The summed E-state index contributed by atoms with van der Waals surface area (Å²) in [6.45, 7) is 6.58. The lowest BCUT2D eigenvalue weighted by molar-refractivity contribution is 0.393. The normalized spacial score (nSPS) is 25.4. The van der Waals surface area contributed by atoms with Crippen LogP contribution in [0.4, 0.5) is 5.95 Å². The molecule has 0 bridgehead atoms. The summed E-state index contributed by atoms with van der Waals surface area (Å²) in [6, 6.07) is 0.327. The van der Waals surface area contributed by atoms with Gasteiger partial charge in [0.15, 0.2) is 5.16 Å². The van der Waals surface area contributed by atoms with Crippen molar-refractivity contribution in [2.24, 2.45) is 5.92 Å². The van der Waals surface area contributed by atoms with Gasteiger partial charge in [0.25, 0.3) is 0 Å². The highest BCUT2D eigenvalue weighted by molar-refractivity contribution is 7.99. The van der Waals surface area contributed by atoms with Gasteiger partial charge in [-0.15, -0.1) is 10.2 Å². The van der Waals surface area contributed by atoms with Crippen molar-refractivity contribution in [2.75, 3.05) is 5.73 Å². The first-order chi connectivity index (χ1) is 8.08. The highest BCUT2D eigenvalue weighted by Crippen LogP contribution is 2.36. The van der Waals surface area contributed by atoms with E-state index in [0.29, 0.717) is 17.2 Å². The molecule has 5 heteroatoms. The Morgan fingerprint density at radius 1 is 1.35 bits per heavy atom. The van der Waals surface area contributed by atoms with Crippen LogP contribution in [0.3, 0.4) is 0 Å². The summed E-state index contributed by atoms with van der Waals surface area (Å²) in [5.74, 6) is 1.38. The fraction of sp³-hybridized carbons (Fsp3) is 0.833. The Morgan fingerprint density at radius 2 is 2.12 bits per heavy atom. The van der Waals surface area contributed by atoms with Crippen molar-refractivity contribution in [3.05, 3.63) is 0 Å². The van der Waals surface area contributed by atoms with E-state index in [1.165, 1.54) is 25.7 Å². The fourth-order valence-corrected chi connectivity index (χ4v) is 4.00. The molecule has 0 aliphatic heterocycles. The predicted molar refractivity (Wildman–Crippen MR) is 72.1 cm³/mol. The van der Waals surface area contributed by atoms with Gasteiger partial charge < -0.3 is 5.73 Å². The van der Waals surface area contributed by atoms with Crippen LogP contribution in [0.5, 0.6) is 0 Å². The number of thioether (sulfide) groups is 1. The third-order valence-corrected chi connectivity index (χ3v) is 4.62. The van der Waals surface area contributed by atoms with Crippen molar-refractivity contribution in [1.82, 2.24) is 14.8 Å². The predicted octanol–water partition coefficient (Wildman–Crippen LogP) is 3.11. The van der Waals surface area contributed by atoms with Gasteiger partial charge >= 0.3 is 0 Å². The van der Waals surface area contributed by atoms with E-state index in [-0.39, 0.29) is 0 Å². The molecule has 1 aromatic rings. The zero-order valence-corrected chi connectivity index (χ0v) is 11.7. The van der Waals surface area contributed by atoms with Crippen molar-refractivity contribution >= 4 is 17.7 Å². The first kappa shape index (κ1) is 12.7. The topological polar surface area (TPSA) is 56.7 Å². The number of rotatable bonds is 3. The molecule has 0 spiro atoms. The minimum Gasteiger partial charge on any atom is -0.368 e. The number of nitrogens with two attached hydrogens (primary N) is 1. The average Bonchev–Trinajstić information content (AvgIpc) is 2.59. The zero-order chi connectivity index (χ0) is 12.4. The van der Waals surface area contributed by atoms with Crippen LogP contribution in [0.1, 0.15) is 52.5 Å². The Kier molecular flexibility index (Phi) is 3.97. The van der Waals surface area contributed by atoms with Gasteiger partial charge in [-0.3, -0.25) is 4.57 Å². The number of nitrogen functional groups attached to an aromatic ring is 1. The van der Waals surface area contributed by atoms with Crippen LogP contribution < -0.4 is 5.73 Å². The minimum atomic E-state index is 0.327. The Morgan fingerprint density at radius 3 is 2.76 bits per heavy atom. The van der Waals surface area contributed by atoms with Crippen molar-refractivity contribution in [1.29, 1.82) is 0 Å². The van der Waals surface area contributed by atoms with E-state index < -0.39 is 0 Å². The molecule has 1 heterocycles. The van der Waals surface area contributed by atoms with Crippen molar-refractivity contribution in [3.63, 3.8) is 0 Å². The molecule has 4 nitrogen and oxygen atoms in total. The first-order valence-corrected chi connectivity index (χ1v) is 7.33. The van der Waals surface area contributed by atoms with E-state index in [0.717, 1.165) is 11.1 Å². The molecule has 1 saturated carbocycles. The summed E-state index contributed by atoms with van der Waals surface area (Å²) in [7, 11) is 0. The van der Waals surface area contributed by atoms with Crippen LogP contribution in [0.2, 0.25) is 0 Å². The third kappa shape index (κ3) is 2.94. The monoisotopic (exact) mass is 254 g/mol. The molecule has 0 amide bonds. The van der Waals surface area contributed by atoms with Gasteiger partial charge in [-0.05, 0) is 32.6 Å². The van der Waals surface area contributed by atoms with Gasteiger partial charge in [-0.1, -0.05) is 31.5 Å².